The summed E-state index contributed by atoms with van der Waals surface area (Å²) >= 11 is 7.01. The van der Waals surface area contributed by atoms with Gasteiger partial charge < -0.3 is 46.6 Å². The van der Waals surface area contributed by atoms with Gasteiger partial charge in [0.2, 0.25) is 11.3 Å². The van der Waals surface area contributed by atoms with Gasteiger partial charge in [-0.05, 0) is 197 Å². The molecular formula is C106H164BrN6NaO4P19PdS2+. The standard InChI is InChI=1S/C26H18N2S2.C13H10NO.C13H13NO.C12H11NO.C7H9NO.C6H5Br.C6H6.10C2H6.CH14P10.CH13P9.CH4.Na.Pd.H/c1-3-11-19(12-4-1)27-21-15-7-9-17-23(21)29-25(27)26-28(20-13-5-2-6-14-20)22-16-8-10-18-24(22)30-26;1-2-6-11(7-3-1)14-10-15-13-9-5-4-8-12(13)14;1-15-13-10-6-5-9-12(13)14-11-7-3-2-4-8-11;14-12-9-5-4-8-11(12)13-10-6-2-1-3-7-10;1-9-7-5-3-2-4-6(7)8;7-6-4-2-1-3-5-6;1-2-4-6-5-3-1;10*1-2;1-8(9(3)4)11(7-2)10(5)6;1-7(8(2)3)10(6)9(4)5;;;;/h1-18H;1-10H;2-10,14H,1H3;1-9,13-14H;2-5H,8H2,1H3;1-5H;1-6H;10*1-2H3;7H,2-6H2,1H3;2-6H2,1H3;1H4;;;/q;+1;;;;;;;;;;;;;;;;;;;+1;;-1/b26-25+;;;;;;;;;;;;;;;;;;;;;;. The average molecular weight is 2450 g/mol. The molecule has 16 rings (SSSR count). The van der Waals surface area contributed by atoms with Crippen LogP contribution in [0, 0.1) is 0 Å². The number of aromatic hydroxyl groups is 1. The van der Waals surface area contributed by atoms with Gasteiger partial charge in [-0.25, -0.2) is 0 Å². The van der Waals surface area contributed by atoms with E-state index in [1.807, 2.05) is 391 Å². The monoisotopic (exact) mass is 2450 g/mol. The summed E-state index contributed by atoms with van der Waals surface area (Å²) in [6, 6.07) is 121. The Morgan fingerprint density at radius 2 is 0.700 bits per heavy atom. The maximum Gasteiger partial charge on any atom is 1.00 e. The number of oxazole rings is 1. The van der Waals surface area contributed by atoms with Crippen molar-refractivity contribution in [1.82, 2.24) is 0 Å². The zero-order valence-electron chi connectivity index (χ0n) is 87.2. The number of rotatable bonds is 16. The summed E-state index contributed by atoms with van der Waals surface area (Å²) in [4.78, 5) is 7.36. The zero-order valence-corrected chi connectivity index (χ0v) is 113. The van der Waals surface area contributed by atoms with Crippen LogP contribution in [0.5, 0.6) is 17.2 Å². The second kappa shape index (κ2) is 99.4. The maximum absolute atomic E-state index is 9.51. The van der Waals surface area contributed by atoms with E-state index in [1.165, 1.54) is 42.6 Å². The fourth-order valence-corrected chi connectivity index (χ4v) is 128. The van der Waals surface area contributed by atoms with Gasteiger partial charge in [0.25, 0.3) is 5.52 Å². The van der Waals surface area contributed by atoms with Crippen LogP contribution in [0.1, 0.15) is 147 Å². The van der Waals surface area contributed by atoms with Crippen molar-refractivity contribution in [3.63, 3.8) is 0 Å². The first-order valence-electron chi connectivity index (χ1n) is 45.8. The predicted octanol–water partition coefficient (Wildman–Crippen LogP) is 41.8. The fourth-order valence-electron chi connectivity index (χ4n) is 10.4. The number of thioether (sulfide) groups is 2. The number of nitrogens with two attached hydrogens (primary N) is 1. The quantitative estimate of drug-likeness (QED) is 0.0244. The molecule has 34 heteroatoms. The SMILES string of the molecule is Brc1ccccc1.C.CC.CC.CC.CC.CC.CC.CC.CC.CC.CC.COc1ccccc1N.COc1ccccc1Nc1ccccc1.CP(P(P)P)P(P)P(P)P.CP(P(P)P)P(PP)P(P)P.Oc1ccccc1Nc1ccccc1.[H-].[Na+].[Pd].c1ccc(-[n+]2coc3ccccc32)cc1.c1ccc(N2/C(=C3\Sc4ccccc4N3c3ccccc3)Sc3ccccc32)cc1.c1ccccc1. The molecule has 14 aromatic rings. The Bertz CT molecular complexity index is 5070. The van der Waals surface area contributed by atoms with Crippen molar-refractivity contribution in [2.75, 3.05) is 53.7 Å². The molecule has 0 bridgehead atoms. The van der Waals surface area contributed by atoms with Crippen LogP contribution in [0.3, 0.4) is 0 Å². The summed E-state index contributed by atoms with van der Waals surface area (Å²) in [5.41, 5.74) is 17.9. The number of benzene rings is 13. The molecule has 766 valence electrons. The van der Waals surface area contributed by atoms with E-state index in [4.69, 9.17) is 19.6 Å². The number of anilines is 9. The number of ether oxygens (including phenoxy) is 2. The predicted molar refractivity (Wildman–Crippen MR) is 699 cm³/mol. The molecule has 0 saturated heterocycles. The summed E-state index contributed by atoms with van der Waals surface area (Å²) < 4.78 is 18.8. The number of phenols is 1. The number of fused-ring (bicyclic) bond motifs is 3. The van der Waals surface area contributed by atoms with Crippen LogP contribution in [0.4, 0.5) is 51.2 Å². The van der Waals surface area contributed by atoms with E-state index in [0.717, 1.165) is 63.5 Å². The Hall–Kier alpha value is -1.52. The van der Waals surface area contributed by atoms with Crippen LogP contribution in [0.25, 0.3) is 16.8 Å². The van der Waals surface area contributed by atoms with Crippen molar-refractivity contribution in [1.29, 1.82) is 0 Å². The molecule has 0 radical (unpaired) electrons. The largest absolute Gasteiger partial charge is 1.00 e. The van der Waals surface area contributed by atoms with E-state index in [-0.39, 0.29) is 107 Å². The number of hydrogen-bond donors (Lipinski definition) is 4. The van der Waals surface area contributed by atoms with Crippen LogP contribution in [0.15, 0.2) is 399 Å². The number of phenolic OH excluding ortho intramolecular Hbond substituents is 1. The van der Waals surface area contributed by atoms with Crippen LogP contribution >= 0.6 is 193 Å². The van der Waals surface area contributed by atoms with Crippen LogP contribution < -0.4 is 69.8 Å². The molecule has 0 aliphatic carbocycles. The van der Waals surface area contributed by atoms with Gasteiger partial charge in [0.1, 0.15) is 27.3 Å². The van der Waals surface area contributed by atoms with E-state index >= 15 is 0 Å². The molecule has 2 aliphatic rings. The van der Waals surface area contributed by atoms with Gasteiger partial charge in [-0.3, -0.25) is 0 Å². The van der Waals surface area contributed by atoms with E-state index in [0.29, 0.717) is 20.0 Å². The Morgan fingerprint density at radius 1 is 0.386 bits per heavy atom. The molecule has 13 aromatic carbocycles. The van der Waals surface area contributed by atoms with Crippen molar-refractivity contribution >= 4 is 256 Å². The van der Waals surface area contributed by atoms with Gasteiger partial charge in [0.15, 0.2) is 0 Å². The van der Waals surface area contributed by atoms with Crippen molar-refractivity contribution in [2.45, 2.75) is 156 Å². The van der Waals surface area contributed by atoms with Gasteiger partial charge in [0.05, 0.1) is 42.7 Å². The van der Waals surface area contributed by atoms with Crippen molar-refractivity contribution in [3.8, 4) is 22.9 Å². The molecule has 0 amide bonds. The molecule has 140 heavy (non-hydrogen) atoms. The van der Waals surface area contributed by atoms with Gasteiger partial charge >= 0.3 is 36.0 Å². The first-order chi connectivity index (χ1) is 66.8. The molecule has 0 saturated carbocycles. The summed E-state index contributed by atoms with van der Waals surface area (Å²) in [7, 11) is 34.5. The number of hydrogen-bond acceptors (Lipinski definition) is 11. The molecule has 5 N–H and O–H groups in total. The van der Waals surface area contributed by atoms with Crippen molar-refractivity contribution < 1.29 is 75.0 Å². The topological polar surface area (TPSA) is 112 Å². The number of nitrogens with one attached hydrogen (secondary N) is 2. The third-order valence-corrected chi connectivity index (χ3v) is 118. The number of nitrogens with zero attached hydrogens (tertiary/aromatic N) is 3. The number of methoxy groups -OCH3 is 2. The van der Waals surface area contributed by atoms with E-state index < -0.39 is 0 Å². The summed E-state index contributed by atoms with van der Waals surface area (Å²) in [5.74, 6) is 1.84. The van der Waals surface area contributed by atoms with Gasteiger partial charge in [-0.15, -0.1) is 93.9 Å². The normalized spacial score (nSPS) is 11.4. The molecular weight excluding hydrogens is 2280 g/mol. The molecule has 1 aromatic heterocycles. The molecule has 0 fully saturated rings. The summed E-state index contributed by atoms with van der Waals surface area (Å²) in [6.07, 6.45) is 1.74. The van der Waals surface area contributed by atoms with Gasteiger partial charge in [0, 0.05) is 75.6 Å². The zero-order chi connectivity index (χ0) is 104. The minimum absolute atomic E-state index is 0. The van der Waals surface area contributed by atoms with Crippen LogP contribution in [0.2, 0.25) is 0 Å². The first-order valence-corrected chi connectivity index (χ1v) is 82.3. The second-order valence-corrected chi connectivity index (χ2v) is 96.9. The average Bonchev–Trinajstić information content (AvgIpc) is 1.59. The molecule has 15 atom stereocenters. The number of nitrogen functional groups attached to an aromatic ring is 1. The number of halogens is 1. The summed E-state index contributed by atoms with van der Waals surface area (Å²) in [6.45, 7) is 46.0. The molecule has 0 spiro atoms. The van der Waals surface area contributed by atoms with Crippen molar-refractivity contribution in [2.24, 2.45) is 0 Å². The van der Waals surface area contributed by atoms with Gasteiger partial charge in [-0.1, -0.05) is 412 Å². The smallest absolute Gasteiger partial charge is 1.00 e. The van der Waals surface area contributed by atoms with E-state index in [2.05, 4.69) is 260 Å². The van der Waals surface area contributed by atoms with Crippen LogP contribution in [-0.2, 0) is 20.4 Å². The Balaban J connectivity index is -0.000000289. The maximum atomic E-state index is 9.51. The second-order valence-electron chi connectivity index (χ2n) is 24.1. The minimum atomic E-state index is 0. The third-order valence-electron chi connectivity index (χ3n) is 16.2. The fraction of sp³-hybridized carbons (Fsp3) is 0.236. The van der Waals surface area contributed by atoms with Crippen LogP contribution in [-0.4, -0.2) is 32.7 Å². The summed E-state index contributed by atoms with van der Waals surface area (Å²) in [5, 5.41) is 18.4. The number of para-hydroxylation sites is 15. The molecule has 3 heterocycles. The molecule has 15 unspecified atom stereocenters. The van der Waals surface area contributed by atoms with E-state index in [1.54, 1.807) is 38.8 Å². The Morgan fingerprint density at radius 3 is 1.04 bits per heavy atom. The first kappa shape index (κ1) is 149. The Labute approximate surface area is 937 Å². The minimum Gasteiger partial charge on any atom is -1.00 e. The van der Waals surface area contributed by atoms with Gasteiger partial charge in [-0.2, -0.15) is 0 Å². The Kier molecular flexibility index (Phi) is 106. The van der Waals surface area contributed by atoms with E-state index in [9.17, 15) is 5.11 Å². The van der Waals surface area contributed by atoms with Crippen molar-refractivity contribution in [3.05, 3.63) is 385 Å². The molecule has 10 nitrogen and oxygen atoms in total. The number of aromatic nitrogens is 1. The molecule has 2 aliphatic heterocycles. The third kappa shape index (κ3) is 59.3.